The Bertz CT molecular complexity index is 642. The Morgan fingerprint density at radius 3 is 2.20 bits per heavy atom. The lowest BCUT2D eigenvalue weighted by atomic mass is 10.1. The molecule has 0 saturated carbocycles. The summed E-state index contributed by atoms with van der Waals surface area (Å²) in [5, 5.41) is 0. The van der Waals surface area contributed by atoms with Crippen molar-refractivity contribution in [3.63, 3.8) is 0 Å². The summed E-state index contributed by atoms with van der Waals surface area (Å²) in [6.45, 7) is 5.37. The molecule has 1 fully saturated rings. The molecule has 0 radical (unpaired) electrons. The predicted octanol–water partition coefficient (Wildman–Crippen LogP) is 3.92. The molecule has 3 heteroatoms. The summed E-state index contributed by atoms with van der Waals surface area (Å²) in [5.41, 5.74) is 2.78. The van der Waals surface area contributed by atoms with Gasteiger partial charge in [0, 0.05) is 38.8 Å². The fraction of sp³-hybridized carbons (Fsp3) is 0.364. The zero-order chi connectivity index (χ0) is 17.3. The van der Waals surface area contributed by atoms with Crippen LogP contribution in [0.25, 0.3) is 0 Å². The Kier molecular flexibility index (Phi) is 6.66. The van der Waals surface area contributed by atoms with Crippen LogP contribution in [0.2, 0.25) is 0 Å². The van der Waals surface area contributed by atoms with Crippen molar-refractivity contribution in [2.45, 2.75) is 25.6 Å². The van der Waals surface area contributed by atoms with Gasteiger partial charge in [0.15, 0.2) is 0 Å². The van der Waals surface area contributed by atoms with E-state index in [9.17, 15) is 0 Å². The molecule has 3 nitrogen and oxygen atoms in total. The number of piperazine rings is 1. The van der Waals surface area contributed by atoms with Gasteiger partial charge in [0.2, 0.25) is 0 Å². The number of hydrogen-bond donors (Lipinski definition) is 0. The summed E-state index contributed by atoms with van der Waals surface area (Å²) in [7, 11) is 1.71. The molecule has 2 aromatic carbocycles. The van der Waals surface area contributed by atoms with Crippen molar-refractivity contribution in [1.29, 1.82) is 0 Å². The SMILES string of the molecule is COC=CCC1CN(Cc2ccccc2)CCN1Cc1ccccc1. The second-order valence-corrected chi connectivity index (χ2v) is 6.67. The Labute approximate surface area is 151 Å². The van der Waals surface area contributed by atoms with E-state index in [2.05, 4.69) is 76.5 Å². The zero-order valence-electron chi connectivity index (χ0n) is 15.1. The molecule has 0 amide bonds. The van der Waals surface area contributed by atoms with Crippen LogP contribution in [-0.4, -0.2) is 42.6 Å². The van der Waals surface area contributed by atoms with Crippen LogP contribution in [0, 0.1) is 0 Å². The van der Waals surface area contributed by atoms with Gasteiger partial charge >= 0.3 is 0 Å². The quantitative estimate of drug-likeness (QED) is 0.713. The Morgan fingerprint density at radius 2 is 1.56 bits per heavy atom. The monoisotopic (exact) mass is 336 g/mol. The number of nitrogens with zero attached hydrogens (tertiary/aromatic N) is 2. The van der Waals surface area contributed by atoms with Gasteiger partial charge in [-0.25, -0.2) is 0 Å². The lowest BCUT2D eigenvalue weighted by molar-refractivity contribution is 0.0651. The van der Waals surface area contributed by atoms with Crippen LogP contribution in [0.1, 0.15) is 17.5 Å². The van der Waals surface area contributed by atoms with Crippen molar-refractivity contribution in [2.24, 2.45) is 0 Å². The predicted molar refractivity (Wildman–Crippen MR) is 103 cm³/mol. The molecule has 132 valence electrons. The van der Waals surface area contributed by atoms with Crippen LogP contribution in [-0.2, 0) is 17.8 Å². The highest BCUT2D eigenvalue weighted by molar-refractivity contribution is 5.16. The number of rotatable bonds is 7. The molecule has 3 rings (SSSR count). The van der Waals surface area contributed by atoms with Crippen molar-refractivity contribution in [1.82, 2.24) is 9.80 Å². The molecule has 1 atom stereocenters. The maximum Gasteiger partial charge on any atom is 0.0785 e. The average molecular weight is 336 g/mol. The van der Waals surface area contributed by atoms with Gasteiger partial charge in [-0.2, -0.15) is 0 Å². The van der Waals surface area contributed by atoms with Gasteiger partial charge in [-0.3, -0.25) is 9.80 Å². The molecule has 1 heterocycles. The van der Waals surface area contributed by atoms with Gasteiger partial charge in [-0.05, 0) is 23.6 Å². The molecule has 1 aliphatic rings. The molecule has 0 aromatic heterocycles. The van der Waals surface area contributed by atoms with Crippen LogP contribution in [0.5, 0.6) is 0 Å². The first-order valence-corrected chi connectivity index (χ1v) is 9.07. The summed E-state index contributed by atoms with van der Waals surface area (Å²) in [5.74, 6) is 0. The highest BCUT2D eigenvalue weighted by Gasteiger charge is 2.26. The van der Waals surface area contributed by atoms with E-state index in [0.29, 0.717) is 6.04 Å². The third-order valence-electron chi connectivity index (χ3n) is 4.81. The van der Waals surface area contributed by atoms with Crippen molar-refractivity contribution < 1.29 is 4.74 Å². The molecular formula is C22H28N2O. The first-order valence-electron chi connectivity index (χ1n) is 9.07. The van der Waals surface area contributed by atoms with Crippen molar-refractivity contribution in [3.05, 3.63) is 84.1 Å². The van der Waals surface area contributed by atoms with Crippen LogP contribution < -0.4 is 0 Å². The molecule has 1 unspecified atom stereocenters. The summed E-state index contributed by atoms with van der Waals surface area (Å²) in [6, 6.07) is 22.1. The smallest absolute Gasteiger partial charge is 0.0785 e. The molecule has 1 aliphatic heterocycles. The van der Waals surface area contributed by atoms with Crippen molar-refractivity contribution in [2.75, 3.05) is 26.7 Å². The Morgan fingerprint density at radius 1 is 0.920 bits per heavy atom. The van der Waals surface area contributed by atoms with Crippen LogP contribution in [0.4, 0.5) is 0 Å². The van der Waals surface area contributed by atoms with Gasteiger partial charge in [0.05, 0.1) is 13.4 Å². The molecule has 1 saturated heterocycles. The topological polar surface area (TPSA) is 15.7 Å². The van der Waals surface area contributed by atoms with E-state index in [0.717, 1.165) is 39.1 Å². The van der Waals surface area contributed by atoms with E-state index >= 15 is 0 Å². The van der Waals surface area contributed by atoms with Gasteiger partial charge in [-0.15, -0.1) is 0 Å². The molecule has 25 heavy (non-hydrogen) atoms. The minimum Gasteiger partial charge on any atom is -0.505 e. The van der Waals surface area contributed by atoms with Gasteiger partial charge in [-0.1, -0.05) is 60.7 Å². The fourth-order valence-corrected chi connectivity index (χ4v) is 3.50. The molecule has 2 aromatic rings. The number of ether oxygens (including phenoxy) is 1. The van der Waals surface area contributed by atoms with Gasteiger partial charge in [0.1, 0.15) is 0 Å². The standard InChI is InChI=1S/C22H28N2O/c1-25-16-8-13-22-19-23(17-20-9-4-2-5-10-20)14-15-24(22)18-21-11-6-3-7-12-21/h2-12,16,22H,13-15,17-19H2,1H3. The number of methoxy groups -OCH3 is 1. The molecule has 0 spiro atoms. The van der Waals surface area contributed by atoms with E-state index in [1.54, 1.807) is 13.4 Å². The maximum absolute atomic E-state index is 5.10. The number of hydrogen-bond acceptors (Lipinski definition) is 3. The first kappa shape index (κ1) is 17.7. The second kappa shape index (κ2) is 9.40. The summed E-state index contributed by atoms with van der Waals surface area (Å²) >= 11 is 0. The molecule has 0 aliphatic carbocycles. The van der Waals surface area contributed by atoms with E-state index in [1.807, 2.05) is 0 Å². The maximum atomic E-state index is 5.10. The van der Waals surface area contributed by atoms with E-state index in [-0.39, 0.29) is 0 Å². The zero-order valence-corrected chi connectivity index (χ0v) is 15.1. The van der Waals surface area contributed by atoms with Crippen molar-refractivity contribution in [3.8, 4) is 0 Å². The van der Waals surface area contributed by atoms with Crippen LogP contribution in [0.15, 0.2) is 73.0 Å². The third-order valence-corrected chi connectivity index (χ3v) is 4.81. The molecule has 0 bridgehead atoms. The lowest BCUT2D eigenvalue weighted by Gasteiger charge is -2.41. The summed E-state index contributed by atoms with van der Waals surface area (Å²) in [4.78, 5) is 5.18. The third kappa shape index (κ3) is 5.45. The highest BCUT2D eigenvalue weighted by atomic mass is 16.5. The van der Waals surface area contributed by atoms with E-state index in [1.165, 1.54) is 11.1 Å². The van der Waals surface area contributed by atoms with Gasteiger partial charge < -0.3 is 4.74 Å². The molecule has 0 N–H and O–H groups in total. The summed E-state index contributed by atoms with van der Waals surface area (Å²) in [6.07, 6.45) is 4.97. The minimum absolute atomic E-state index is 0.518. The first-order chi connectivity index (χ1) is 12.3. The van der Waals surface area contributed by atoms with E-state index < -0.39 is 0 Å². The van der Waals surface area contributed by atoms with Crippen LogP contribution >= 0.6 is 0 Å². The second-order valence-electron chi connectivity index (χ2n) is 6.67. The largest absolute Gasteiger partial charge is 0.505 e. The minimum atomic E-state index is 0.518. The number of benzene rings is 2. The fourth-order valence-electron chi connectivity index (χ4n) is 3.50. The molecular weight excluding hydrogens is 308 g/mol. The lowest BCUT2D eigenvalue weighted by Crippen LogP contribution is -2.52. The Balaban J connectivity index is 1.64. The summed E-state index contributed by atoms with van der Waals surface area (Å²) < 4.78 is 5.10. The van der Waals surface area contributed by atoms with Crippen molar-refractivity contribution >= 4 is 0 Å². The normalized spacial score (nSPS) is 19.3. The van der Waals surface area contributed by atoms with E-state index in [4.69, 9.17) is 4.74 Å². The Hall–Kier alpha value is -2.10. The average Bonchev–Trinajstić information content (AvgIpc) is 2.66. The van der Waals surface area contributed by atoms with Gasteiger partial charge in [0.25, 0.3) is 0 Å². The van der Waals surface area contributed by atoms with Crippen LogP contribution in [0.3, 0.4) is 0 Å². The highest BCUT2D eigenvalue weighted by Crippen LogP contribution is 2.19.